The van der Waals surface area contributed by atoms with E-state index < -0.39 is 23.6 Å². The molecule has 0 aliphatic heterocycles. The minimum Gasteiger partial charge on any atom is -0.496 e. The Balaban J connectivity index is 1.78. The summed E-state index contributed by atoms with van der Waals surface area (Å²) in [5.41, 5.74) is 6.86. The Bertz CT molecular complexity index is 1210. The number of nitrogens with one attached hydrogen (secondary N) is 2. The van der Waals surface area contributed by atoms with E-state index in [0.29, 0.717) is 42.5 Å². The van der Waals surface area contributed by atoms with Gasteiger partial charge in [0.05, 0.1) is 23.9 Å². The lowest BCUT2D eigenvalue weighted by Gasteiger charge is -2.20. The van der Waals surface area contributed by atoms with Gasteiger partial charge in [0.1, 0.15) is 17.4 Å². The van der Waals surface area contributed by atoms with E-state index in [1.54, 1.807) is 57.3 Å². The number of aromatic nitrogens is 1. The third kappa shape index (κ3) is 7.39. The van der Waals surface area contributed by atoms with Crippen LogP contribution in [-0.2, 0) is 4.74 Å². The topological polar surface area (TPSA) is 129 Å². The summed E-state index contributed by atoms with van der Waals surface area (Å²) in [5.74, 6) is 0.729. The lowest BCUT2D eigenvalue weighted by molar-refractivity contribution is 0.0525. The second-order valence-corrected chi connectivity index (χ2v) is 9.51. The third-order valence-corrected chi connectivity index (χ3v) is 5.37. The van der Waals surface area contributed by atoms with Crippen LogP contribution in [0.2, 0.25) is 5.02 Å². The van der Waals surface area contributed by atoms with Gasteiger partial charge in [-0.2, -0.15) is 0 Å². The number of rotatable bonds is 9. The smallest absolute Gasteiger partial charge is 0.407 e. The molecule has 192 valence electrons. The highest BCUT2D eigenvalue weighted by Gasteiger charge is 2.24. The number of carbonyl (C=O) groups excluding carboxylic acids is 2. The number of carbonyl (C=O) groups is 2. The van der Waals surface area contributed by atoms with Gasteiger partial charge in [-0.05, 0) is 57.9 Å². The number of halogens is 1. The summed E-state index contributed by atoms with van der Waals surface area (Å²) < 4.78 is 16.6. The molecular weight excluding hydrogens is 484 g/mol. The van der Waals surface area contributed by atoms with Gasteiger partial charge >= 0.3 is 6.09 Å². The van der Waals surface area contributed by atoms with E-state index >= 15 is 0 Å². The van der Waals surface area contributed by atoms with Crippen LogP contribution in [0.1, 0.15) is 55.9 Å². The maximum absolute atomic E-state index is 13.2. The molecule has 0 aliphatic rings. The average molecular weight is 515 g/mol. The summed E-state index contributed by atoms with van der Waals surface area (Å²) in [4.78, 5) is 29.6. The van der Waals surface area contributed by atoms with Crippen molar-refractivity contribution in [1.29, 1.82) is 0 Å². The van der Waals surface area contributed by atoms with Crippen molar-refractivity contribution >= 4 is 29.3 Å². The number of amides is 2. The van der Waals surface area contributed by atoms with E-state index in [1.807, 2.05) is 12.1 Å². The molecule has 1 aromatic heterocycles. The number of anilines is 1. The standard InChI is InChI=1S/C26H31ClN4O5/c1-26(2,3)36-25(33)29-13-7-11-19(31-23(32)22-18(27)10-6-12-20(22)34-4)24-30-15-21(35-24)16-8-5-9-17(28)14-16/h5-6,8-10,12,14-15,19H,7,11,13,28H2,1-4H3,(H,29,33)(H,31,32)/t19-/m0/s1. The molecule has 0 radical (unpaired) electrons. The number of methoxy groups -OCH3 is 1. The molecule has 36 heavy (non-hydrogen) atoms. The molecule has 2 aromatic carbocycles. The summed E-state index contributed by atoms with van der Waals surface area (Å²) in [5, 5.41) is 5.91. The first kappa shape index (κ1) is 26.9. The summed E-state index contributed by atoms with van der Waals surface area (Å²) >= 11 is 6.29. The number of nitrogens with zero attached hydrogens (tertiary/aromatic N) is 1. The zero-order valence-corrected chi connectivity index (χ0v) is 21.5. The Morgan fingerprint density at radius 2 is 1.94 bits per heavy atom. The van der Waals surface area contributed by atoms with Gasteiger partial charge in [0.2, 0.25) is 5.89 Å². The maximum atomic E-state index is 13.2. The van der Waals surface area contributed by atoms with Crippen molar-refractivity contribution < 1.29 is 23.5 Å². The van der Waals surface area contributed by atoms with Gasteiger partial charge in [-0.3, -0.25) is 4.79 Å². The second kappa shape index (κ2) is 11.8. The molecule has 0 saturated heterocycles. The second-order valence-electron chi connectivity index (χ2n) is 9.10. The molecule has 0 unspecified atom stereocenters. The van der Waals surface area contributed by atoms with Crippen LogP contribution in [0.3, 0.4) is 0 Å². The van der Waals surface area contributed by atoms with E-state index in [4.69, 9.17) is 31.2 Å². The molecule has 9 nitrogen and oxygen atoms in total. The van der Waals surface area contributed by atoms with Gasteiger partial charge < -0.3 is 30.3 Å². The molecule has 0 saturated carbocycles. The molecule has 0 bridgehead atoms. The number of nitrogens with two attached hydrogens (primary N) is 1. The number of nitrogen functional groups attached to an aromatic ring is 1. The molecule has 1 heterocycles. The van der Waals surface area contributed by atoms with Crippen LogP contribution in [-0.4, -0.2) is 36.2 Å². The average Bonchev–Trinajstić information content (AvgIpc) is 3.30. The predicted molar refractivity (Wildman–Crippen MR) is 138 cm³/mol. The lowest BCUT2D eigenvalue weighted by Crippen LogP contribution is -2.34. The summed E-state index contributed by atoms with van der Waals surface area (Å²) in [6, 6.07) is 11.6. The zero-order valence-electron chi connectivity index (χ0n) is 20.8. The van der Waals surface area contributed by atoms with Crippen LogP contribution in [0.15, 0.2) is 53.1 Å². The monoisotopic (exact) mass is 514 g/mol. The Kier molecular flexibility index (Phi) is 8.82. The number of benzene rings is 2. The summed E-state index contributed by atoms with van der Waals surface area (Å²) in [7, 11) is 1.47. The molecule has 3 rings (SSSR count). The SMILES string of the molecule is COc1cccc(Cl)c1C(=O)N[C@@H](CCCNC(=O)OC(C)(C)C)c1ncc(-c2cccc(N)c2)o1. The first-order valence-corrected chi connectivity index (χ1v) is 11.9. The van der Waals surface area contributed by atoms with Crippen molar-refractivity contribution in [3.05, 3.63) is 65.1 Å². The Hall–Kier alpha value is -3.72. The highest BCUT2D eigenvalue weighted by Crippen LogP contribution is 2.29. The zero-order chi connectivity index (χ0) is 26.3. The first-order valence-electron chi connectivity index (χ1n) is 11.5. The van der Waals surface area contributed by atoms with Crippen molar-refractivity contribution in [3.63, 3.8) is 0 Å². The molecular formula is C26H31ClN4O5. The Morgan fingerprint density at radius 1 is 1.19 bits per heavy atom. The fourth-order valence-corrected chi connectivity index (χ4v) is 3.72. The van der Waals surface area contributed by atoms with E-state index in [-0.39, 0.29) is 10.6 Å². The third-order valence-electron chi connectivity index (χ3n) is 5.06. The normalized spacial score (nSPS) is 12.0. The first-order chi connectivity index (χ1) is 17.1. The predicted octanol–water partition coefficient (Wildman–Crippen LogP) is 5.36. The van der Waals surface area contributed by atoms with Gasteiger partial charge in [0, 0.05) is 17.8 Å². The molecule has 4 N–H and O–H groups in total. The summed E-state index contributed by atoms with van der Waals surface area (Å²) in [6.07, 6.45) is 2.01. The van der Waals surface area contributed by atoms with Gasteiger partial charge in [0.25, 0.3) is 5.91 Å². The van der Waals surface area contributed by atoms with Gasteiger partial charge in [0.15, 0.2) is 5.76 Å². The van der Waals surface area contributed by atoms with Crippen LogP contribution < -0.4 is 21.1 Å². The largest absolute Gasteiger partial charge is 0.496 e. The molecule has 0 fully saturated rings. The highest BCUT2D eigenvalue weighted by molar-refractivity contribution is 6.34. The lowest BCUT2D eigenvalue weighted by atomic mass is 10.1. The minimum absolute atomic E-state index is 0.209. The van der Waals surface area contributed by atoms with Gasteiger partial charge in [-0.25, -0.2) is 9.78 Å². The van der Waals surface area contributed by atoms with Crippen molar-refractivity contribution in [3.8, 4) is 17.1 Å². The molecule has 3 aromatic rings. The van der Waals surface area contributed by atoms with E-state index in [9.17, 15) is 9.59 Å². The Morgan fingerprint density at radius 3 is 2.64 bits per heavy atom. The van der Waals surface area contributed by atoms with Crippen LogP contribution in [0.4, 0.5) is 10.5 Å². The number of hydrogen-bond acceptors (Lipinski definition) is 7. The Labute approximate surface area is 215 Å². The number of oxazole rings is 1. The molecule has 1 atom stereocenters. The summed E-state index contributed by atoms with van der Waals surface area (Å²) in [6.45, 7) is 5.71. The molecule has 10 heteroatoms. The van der Waals surface area contributed by atoms with E-state index in [0.717, 1.165) is 5.56 Å². The number of hydrogen-bond donors (Lipinski definition) is 3. The quantitative estimate of drug-likeness (QED) is 0.259. The van der Waals surface area contributed by atoms with Crippen molar-refractivity contribution in [2.75, 3.05) is 19.4 Å². The molecule has 0 spiro atoms. The van der Waals surface area contributed by atoms with E-state index in [1.165, 1.54) is 7.11 Å². The van der Waals surface area contributed by atoms with E-state index in [2.05, 4.69) is 15.6 Å². The fourth-order valence-electron chi connectivity index (χ4n) is 3.47. The highest BCUT2D eigenvalue weighted by atomic mass is 35.5. The van der Waals surface area contributed by atoms with Crippen LogP contribution in [0.5, 0.6) is 5.75 Å². The van der Waals surface area contributed by atoms with Crippen LogP contribution in [0.25, 0.3) is 11.3 Å². The van der Waals surface area contributed by atoms with Gasteiger partial charge in [-0.15, -0.1) is 0 Å². The van der Waals surface area contributed by atoms with Crippen LogP contribution >= 0.6 is 11.6 Å². The fraction of sp³-hybridized carbons (Fsp3) is 0.346. The van der Waals surface area contributed by atoms with Crippen molar-refractivity contribution in [2.45, 2.75) is 45.3 Å². The van der Waals surface area contributed by atoms with Crippen molar-refractivity contribution in [1.82, 2.24) is 15.6 Å². The van der Waals surface area contributed by atoms with Crippen LogP contribution in [0, 0.1) is 0 Å². The van der Waals surface area contributed by atoms with Gasteiger partial charge in [-0.1, -0.05) is 29.8 Å². The maximum Gasteiger partial charge on any atom is 0.407 e. The minimum atomic E-state index is -0.603. The molecule has 2 amide bonds. The molecule has 0 aliphatic carbocycles. The number of alkyl carbamates (subject to hydrolysis) is 1. The number of ether oxygens (including phenoxy) is 2. The van der Waals surface area contributed by atoms with Crippen molar-refractivity contribution in [2.24, 2.45) is 0 Å².